The third-order valence-corrected chi connectivity index (χ3v) is 5.08. The van der Waals surface area contributed by atoms with Crippen LogP contribution in [0.15, 0.2) is 30.3 Å². The predicted molar refractivity (Wildman–Crippen MR) is 76.9 cm³/mol. The second-order valence-corrected chi connectivity index (χ2v) is 6.57. The van der Waals surface area contributed by atoms with Crippen molar-refractivity contribution in [2.75, 3.05) is 6.61 Å². The molecule has 3 aromatic rings. The molecule has 96 valence electrons. The predicted octanol–water partition coefficient (Wildman–Crippen LogP) is 2.93. The van der Waals surface area contributed by atoms with Crippen LogP contribution in [0.1, 0.15) is 21.7 Å². The van der Waals surface area contributed by atoms with Crippen LogP contribution in [0.2, 0.25) is 0 Å². The Morgan fingerprint density at radius 1 is 1.26 bits per heavy atom. The molecule has 3 nitrogen and oxygen atoms in total. The molecule has 0 bridgehead atoms. The molecule has 1 aromatic carbocycles. The number of esters is 1. The van der Waals surface area contributed by atoms with Crippen molar-refractivity contribution in [3.8, 4) is 0 Å². The summed E-state index contributed by atoms with van der Waals surface area (Å²) in [6.45, 7) is 4.30. The minimum absolute atomic E-state index is 0.0410. The summed E-state index contributed by atoms with van der Waals surface area (Å²) in [6.07, 6.45) is 0. The molecule has 0 saturated heterocycles. The van der Waals surface area contributed by atoms with Crippen molar-refractivity contribution in [3.05, 3.63) is 40.3 Å². The van der Waals surface area contributed by atoms with Crippen molar-refractivity contribution in [2.24, 2.45) is 0 Å². The van der Waals surface area contributed by atoms with E-state index in [1.807, 2.05) is 19.1 Å². The molecule has 0 fully saturated rings. The molecule has 0 radical (unpaired) electrons. The van der Waals surface area contributed by atoms with Crippen molar-refractivity contribution < 1.29 is 9.53 Å². The van der Waals surface area contributed by atoms with Crippen LogP contribution in [-0.4, -0.2) is 32.1 Å². The van der Waals surface area contributed by atoms with Crippen molar-refractivity contribution in [3.63, 3.8) is 0 Å². The van der Waals surface area contributed by atoms with Gasteiger partial charge in [-0.05, 0) is 0 Å². The van der Waals surface area contributed by atoms with Crippen molar-refractivity contribution in [2.45, 2.75) is 13.8 Å². The first kappa shape index (κ1) is 12.4. The van der Waals surface area contributed by atoms with Gasteiger partial charge in [-0.25, -0.2) is 0 Å². The molecule has 0 spiro atoms. The van der Waals surface area contributed by atoms with Gasteiger partial charge in [0.25, 0.3) is 0 Å². The summed E-state index contributed by atoms with van der Waals surface area (Å²) >= 11 is -0.0410. The van der Waals surface area contributed by atoms with Crippen LogP contribution in [0.5, 0.6) is 0 Å². The molecule has 0 aliphatic rings. The van der Waals surface area contributed by atoms with E-state index in [9.17, 15) is 4.79 Å². The van der Waals surface area contributed by atoms with E-state index in [2.05, 4.69) is 30.1 Å². The topological polar surface area (TPSA) is 39.2 Å². The third kappa shape index (κ3) is 2.29. The van der Waals surface area contributed by atoms with E-state index in [0.717, 1.165) is 25.1 Å². The van der Waals surface area contributed by atoms with Crippen LogP contribution in [0.4, 0.5) is 0 Å². The van der Waals surface area contributed by atoms with E-state index in [4.69, 9.17) is 4.74 Å². The molecule has 0 saturated carbocycles. The quantitative estimate of drug-likeness (QED) is 0.539. The number of hydrogen-bond donors (Lipinski definition) is 0. The van der Waals surface area contributed by atoms with E-state index in [0.29, 0.717) is 6.61 Å². The normalized spacial score (nSPS) is 11.1. The number of nitrogens with zero attached hydrogens (tertiary/aromatic N) is 1. The molecule has 0 atom stereocenters. The van der Waals surface area contributed by atoms with Crippen molar-refractivity contribution in [1.29, 1.82) is 0 Å². The first-order valence-corrected chi connectivity index (χ1v) is 7.87. The molecule has 0 unspecified atom stereocenters. The number of aryl methyl sites for hydroxylation is 1. The van der Waals surface area contributed by atoms with Gasteiger partial charge < -0.3 is 0 Å². The molecule has 0 N–H and O–H groups in total. The Labute approximate surface area is 117 Å². The second kappa shape index (κ2) is 4.80. The zero-order valence-electron chi connectivity index (χ0n) is 10.8. The summed E-state index contributed by atoms with van der Waals surface area (Å²) in [7, 11) is 0. The SMILES string of the molecule is CCOC(=O)c1cc2cc3cc(C)ccc3nc2[se]1. The number of ether oxygens (including phenoxy) is 1. The van der Waals surface area contributed by atoms with Gasteiger partial charge in [-0.2, -0.15) is 0 Å². The van der Waals surface area contributed by atoms with Gasteiger partial charge in [0.1, 0.15) is 0 Å². The number of aromatic nitrogens is 1. The Bertz CT molecular complexity index is 776. The maximum absolute atomic E-state index is 11.8. The van der Waals surface area contributed by atoms with Crippen LogP contribution in [-0.2, 0) is 4.74 Å². The Kier molecular flexibility index (Phi) is 3.13. The fourth-order valence-electron chi connectivity index (χ4n) is 2.06. The van der Waals surface area contributed by atoms with E-state index in [1.54, 1.807) is 0 Å². The molecular weight excluding hydrogens is 305 g/mol. The number of fused-ring (bicyclic) bond motifs is 2. The minimum atomic E-state index is -0.208. The molecule has 0 aliphatic heterocycles. The molecule has 4 heteroatoms. The monoisotopic (exact) mass is 319 g/mol. The molecule has 3 rings (SSSR count). The second-order valence-electron chi connectivity index (χ2n) is 4.41. The summed E-state index contributed by atoms with van der Waals surface area (Å²) < 4.78 is 6.83. The molecule has 2 heterocycles. The van der Waals surface area contributed by atoms with Crippen LogP contribution < -0.4 is 0 Å². The standard InChI is InChI=1S/C15H13NO2Se/c1-3-18-15(17)13-8-11-7-10-6-9(2)4-5-12(10)16-14(11)19-13/h4-8H,3H2,1-2H3. The van der Waals surface area contributed by atoms with Gasteiger partial charge in [0.05, 0.1) is 0 Å². The number of carbonyl (C=O) groups excluding carboxylic acids is 1. The molecule has 0 aliphatic carbocycles. The van der Waals surface area contributed by atoms with Gasteiger partial charge in [-0.15, -0.1) is 0 Å². The maximum atomic E-state index is 11.8. The van der Waals surface area contributed by atoms with Crippen LogP contribution in [0.25, 0.3) is 20.7 Å². The van der Waals surface area contributed by atoms with Gasteiger partial charge in [-0.3, -0.25) is 0 Å². The fourth-order valence-corrected chi connectivity index (χ4v) is 3.98. The summed E-state index contributed by atoms with van der Waals surface area (Å²) in [5.74, 6) is -0.208. The zero-order valence-corrected chi connectivity index (χ0v) is 12.5. The fraction of sp³-hybridized carbons (Fsp3) is 0.200. The first-order chi connectivity index (χ1) is 9.17. The van der Waals surface area contributed by atoms with E-state index >= 15 is 0 Å². The number of pyridine rings is 1. The third-order valence-electron chi connectivity index (χ3n) is 2.93. The summed E-state index contributed by atoms with van der Waals surface area (Å²) in [4.78, 5) is 16.4. The number of carbonyl (C=O) groups is 1. The number of rotatable bonds is 2. The first-order valence-electron chi connectivity index (χ1n) is 6.15. The van der Waals surface area contributed by atoms with E-state index < -0.39 is 0 Å². The zero-order chi connectivity index (χ0) is 13.4. The van der Waals surface area contributed by atoms with E-state index in [-0.39, 0.29) is 20.5 Å². The number of benzene rings is 1. The summed E-state index contributed by atoms with van der Waals surface area (Å²) in [5.41, 5.74) is 2.21. The molecule has 2 aromatic heterocycles. The van der Waals surface area contributed by atoms with Crippen LogP contribution >= 0.6 is 0 Å². The van der Waals surface area contributed by atoms with Gasteiger partial charge in [0.2, 0.25) is 0 Å². The van der Waals surface area contributed by atoms with Crippen LogP contribution in [0.3, 0.4) is 0 Å². The van der Waals surface area contributed by atoms with Crippen molar-refractivity contribution in [1.82, 2.24) is 4.98 Å². The molecule has 0 amide bonds. The van der Waals surface area contributed by atoms with Gasteiger partial charge in [0, 0.05) is 0 Å². The Hall–Kier alpha value is -1.64. The van der Waals surface area contributed by atoms with Crippen molar-refractivity contribution >= 4 is 41.2 Å². The average Bonchev–Trinajstić information content (AvgIpc) is 2.79. The molecule has 19 heavy (non-hydrogen) atoms. The average molecular weight is 318 g/mol. The van der Waals surface area contributed by atoms with Gasteiger partial charge in [-0.1, -0.05) is 0 Å². The Morgan fingerprint density at radius 3 is 2.89 bits per heavy atom. The number of hydrogen-bond acceptors (Lipinski definition) is 3. The molecular formula is C15H13NO2Se. The Balaban J connectivity index is 2.17. The van der Waals surface area contributed by atoms with Crippen LogP contribution in [0, 0.1) is 6.92 Å². The summed E-state index contributed by atoms with van der Waals surface area (Å²) in [6, 6.07) is 10.2. The van der Waals surface area contributed by atoms with Gasteiger partial charge >= 0.3 is 116 Å². The summed E-state index contributed by atoms with van der Waals surface area (Å²) in [5, 5.41) is 2.18. The van der Waals surface area contributed by atoms with E-state index in [1.165, 1.54) is 5.56 Å². The van der Waals surface area contributed by atoms with Gasteiger partial charge in [0.15, 0.2) is 0 Å². The Morgan fingerprint density at radius 2 is 2.11 bits per heavy atom.